The summed E-state index contributed by atoms with van der Waals surface area (Å²) in [5, 5.41) is 1.48. The molecule has 0 atom stereocenters. The second kappa shape index (κ2) is 9.36. The first-order valence-corrected chi connectivity index (χ1v) is 19.0. The van der Waals surface area contributed by atoms with E-state index in [4.69, 9.17) is 0 Å². The molecule has 0 aromatic carbocycles. The van der Waals surface area contributed by atoms with E-state index in [2.05, 4.69) is 72.7 Å². The summed E-state index contributed by atoms with van der Waals surface area (Å²) in [5.41, 5.74) is 0. The number of hydrogen-bond acceptors (Lipinski definition) is 2. The van der Waals surface area contributed by atoms with Crippen LogP contribution in [0.15, 0.2) is 0 Å². The average molecular weight is 345 g/mol. The molecule has 0 N–H and O–H groups in total. The quantitative estimate of drug-likeness (QED) is 0.619. The van der Waals surface area contributed by atoms with Crippen molar-refractivity contribution in [2.24, 2.45) is 5.92 Å². The van der Waals surface area contributed by atoms with Gasteiger partial charge in [-0.05, 0) is 0 Å². The van der Waals surface area contributed by atoms with Crippen molar-refractivity contribution in [3.63, 3.8) is 0 Å². The van der Waals surface area contributed by atoms with E-state index in [0.717, 1.165) is 5.92 Å². The molecule has 0 rings (SSSR count). The maximum Gasteiger partial charge on any atom is 0.459 e. The van der Waals surface area contributed by atoms with Gasteiger partial charge in [0.2, 0.25) is 0 Å². The molecule has 0 unspecified atom stereocenters. The Labute approximate surface area is 134 Å². The Hall–Kier alpha value is 1.32. The normalized spacial score (nSPS) is 13.1. The molecule has 110 valence electrons. The lowest BCUT2D eigenvalue weighted by molar-refractivity contribution is 0.683. The standard InChI is InChI=1S/2C4H12NSi2.C4H9.Al/c2*1-6(2)5-7(3)4;1-4(2)3;/h2*1-4H3;4H,1H2,2-3H3;/q2*-1;;+2. The third-order valence-electron chi connectivity index (χ3n) is 3.21. The third-order valence-corrected chi connectivity index (χ3v) is 24.8. The third kappa shape index (κ3) is 6.74. The van der Waals surface area contributed by atoms with E-state index in [-0.39, 0.29) is 35.8 Å². The summed E-state index contributed by atoms with van der Waals surface area (Å²) >= 11 is -0.905. The van der Waals surface area contributed by atoms with E-state index in [1.165, 1.54) is 5.28 Å². The van der Waals surface area contributed by atoms with Crippen LogP contribution in [0.25, 0.3) is 0 Å². The molecule has 0 aromatic rings. The van der Waals surface area contributed by atoms with E-state index < -0.39 is 14.6 Å². The Morgan fingerprint density at radius 3 is 1.11 bits per heavy atom. The van der Waals surface area contributed by atoms with E-state index in [1.807, 2.05) is 0 Å². The van der Waals surface area contributed by atoms with Gasteiger partial charge in [0, 0.05) is 0 Å². The Balaban J connectivity index is 5.36. The van der Waals surface area contributed by atoms with E-state index in [9.17, 15) is 0 Å². The summed E-state index contributed by atoms with van der Waals surface area (Å²) in [6.45, 7) is 24.9. The number of rotatable bonds is 8. The predicted molar refractivity (Wildman–Crippen MR) is 99.0 cm³/mol. The molecule has 0 spiro atoms. The minimum atomic E-state index is -0.905. The Bertz CT molecular complexity index is 214. The Morgan fingerprint density at radius 1 is 0.684 bits per heavy atom. The van der Waals surface area contributed by atoms with Crippen LogP contribution >= 0.6 is 0 Å². The zero-order valence-electron chi connectivity index (χ0n) is 14.8. The topological polar surface area (TPSA) is 6.48 Å². The van der Waals surface area contributed by atoms with Gasteiger partial charge in [-0.25, -0.2) is 0 Å². The van der Waals surface area contributed by atoms with Crippen molar-refractivity contribution < 1.29 is 0 Å². The fourth-order valence-electron chi connectivity index (χ4n) is 2.83. The zero-order chi connectivity index (χ0) is 15.3. The van der Waals surface area contributed by atoms with E-state index >= 15 is 0 Å². The molecule has 7 heteroatoms. The molecule has 0 saturated heterocycles. The van der Waals surface area contributed by atoms with Crippen LogP contribution < -0.4 is 0 Å². The SMILES string of the molecule is CC(C)[CH2][Al]([N]([Si](C)C)[Si](C)C)[N]([Si](C)C)[Si](C)C. The van der Waals surface area contributed by atoms with Crippen LogP contribution in [0.4, 0.5) is 0 Å². The Morgan fingerprint density at radius 2 is 0.947 bits per heavy atom. The van der Waals surface area contributed by atoms with Gasteiger partial charge >= 0.3 is 14.6 Å². The number of nitrogens with zero attached hydrogens (tertiary/aromatic N) is 2. The highest BCUT2D eigenvalue weighted by atomic mass is 28.4. The lowest BCUT2D eigenvalue weighted by Crippen LogP contribution is -2.66. The monoisotopic (exact) mass is 344 g/mol. The average Bonchev–Trinajstić information content (AvgIpc) is 2.12. The molecule has 0 heterocycles. The second-order valence-corrected chi connectivity index (χ2v) is 21.6. The highest BCUT2D eigenvalue weighted by Gasteiger charge is 2.40. The number of hydrogen-bond donors (Lipinski definition) is 0. The summed E-state index contributed by atoms with van der Waals surface area (Å²) in [5.74, 6) is 0.854. The molecule has 0 bridgehead atoms. The highest BCUT2D eigenvalue weighted by molar-refractivity contribution is 6.93. The van der Waals surface area contributed by atoms with E-state index in [0.29, 0.717) is 0 Å². The molecule has 0 aliphatic rings. The molecular formula is C12H33AlN2Si4. The Kier molecular flexibility index (Phi) is 10.0. The van der Waals surface area contributed by atoms with Crippen LogP contribution in [0.1, 0.15) is 13.8 Å². The van der Waals surface area contributed by atoms with E-state index in [1.54, 1.807) is 0 Å². The van der Waals surface area contributed by atoms with Crippen molar-refractivity contribution in [2.45, 2.75) is 71.5 Å². The minimum absolute atomic E-state index is 0.296. The summed E-state index contributed by atoms with van der Waals surface area (Å²) in [6, 6.07) is 0. The summed E-state index contributed by atoms with van der Waals surface area (Å²) in [7, 11) is -1.18. The van der Waals surface area contributed by atoms with Crippen LogP contribution in [-0.2, 0) is 0 Å². The molecule has 19 heavy (non-hydrogen) atoms. The molecule has 2 nitrogen and oxygen atoms in total. The van der Waals surface area contributed by atoms with Crippen LogP contribution in [0.3, 0.4) is 0 Å². The molecule has 0 amide bonds. The van der Waals surface area contributed by atoms with Crippen molar-refractivity contribution in [2.75, 3.05) is 0 Å². The fraction of sp³-hybridized carbons (Fsp3) is 1.00. The first-order valence-electron chi connectivity index (χ1n) is 7.38. The molecule has 0 aromatic heterocycles. The molecular weight excluding hydrogens is 311 g/mol. The van der Waals surface area contributed by atoms with Crippen molar-refractivity contribution in [1.29, 1.82) is 0 Å². The molecule has 0 fully saturated rings. The van der Waals surface area contributed by atoms with Crippen LogP contribution in [0.2, 0.25) is 57.7 Å². The summed E-state index contributed by atoms with van der Waals surface area (Å²) in [4.78, 5) is 0. The predicted octanol–water partition coefficient (Wildman–Crippen LogP) is 3.74. The summed E-state index contributed by atoms with van der Waals surface area (Å²) < 4.78 is 6.15. The minimum Gasteiger partial charge on any atom is -0.420 e. The molecule has 4 radical (unpaired) electrons. The smallest absolute Gasteiger partial charge is 0.420 e. The van der Waals surface area contributed by atoms with Crippen LogP contribution in [-0.4, -0.2) is 56.9 Å². The molecule has 0 aliphatic carbocycles. The van der Waals surface area contributed by atoms with Gasteiger partial charge in [0.25, 0.3) is 0 Å². The second-order valence-electron chi connectivity index (χ2n) is 6.64. The zero-order valence-corrected chi connectivity index (χ0v) is 19.9. The van der Waals surface area contributed by atoms with Gasteiger partial charge in [0.1, 0.15) is 35.8 Å². The molecule has 0 saturated carbocycles. The maximum absolute atomic E-state index is 3.07. The van der Waals surface area contributed by atoms with Gasteiger partial charge < -0.3 is 6.43 Å². The van der Waals surface area contributed by atoms with Gasteiger partial charge in [-0.3, -0.25) is 0 Å². The summed E-state index contributed by atoms with van der Waals surface area (Å²) in [6.07, 6.45) is 0. The lowest BCUT2D eigenvalue weighted by Gasteiger charge is -2.45. The van der Waals surface area contributed by atoms with Crippen molar-refractivity contribution >= 4 is 50.4 Å². The van der Waals surface area contributed by atoms with Gasteiger partial charge in [0.15, 0.2) is 0 Å². The van der Waals surface area contributed by atoms with Crippen molar-refractivity contribution in [1.82, 2.24) is 6.43 Å². The van der Waals surface area contributed by atoms with Gasteiger partial charge in [-0.2, -0.15) is 0 Å². The van der Waals surface area contributed by atoms with Gasteiger partial charge in [0.05, 0.1) is 0 Å². The largest absolute Gasteiger partial charge is 0.459 e. The van der Waals surface area contributed by atoms with Crippen LogP contribution in [0, 0.1) is 5.92 Å². The first-order chi connectivity index (χ1) is 8.59. The van der Waals surface area contributed by atoms with Crippen LogP contribution in [0.5, 0.6) is 0 Å². The van der Waals surface area contributed by atoms with Gasteiger partial charge in [-0.15, -0.1) is 0 Å². The first kappa shape index (κ1) is 20.3. The molecule has 0 aliphatic heterocycles. The van der Waals surface area contributed by atoms with Crippen molar-refractivity contribution in [3.05, 3.63) is 0 Å². The van der Waals surface area contributed by atoms with Crippen molar-refractivity contribution in [3.8, 4) is 0 Å². The highest BCUT2D eigenvalue weighted by Crippen LogP contribution is 2.19. The fourth-order valence-corrected chi connectivity index (χ4v) is 25.1. The maximum atomic E-state index is 3.07. The lowest BCUT2D eigenvalue weighted by atomic mass is 10.3. The van der Waals surface area contributed by atoms with Gasteiger partial charge in [-0.1, -0.05) is 77.4 Å².